The smallest absolute Gasteiger partial charge is 0.267 e. The summed E-state index contributed by atoms with van der Waals surface area (Å²) < 4.78 is 0. The molecule has 0 saturated carbocycles. The highest BCUT2D eigenvalue weighted by molar-refractivity contribution is 6.44. The number of nitrogens with zero attached hydrogens (tertiary/aromatic N) is 2. The van der Waals surface area contributed by atoms with Crippen molar-refractivity contribution in [2.45, 2.75) is 0 Å². The summed E-state index contributed by atoms with van der Waals surface area (Å²) >= 11 is 12.0. The van der Waals surface area contributed by atoms with Crippen LogP contribution in [0.1, 0.15) is 0 Å². The van der Waals surface area contributed by atoms with E-state index >= 15 is 0 Å². The number of aromatic nitrogens is 1. The van der Waals surface area contributed by atoms with Crippen LogP contribution in [0.4, 0.5) is 11.4 Å². The first-order chi connectivity index (χ1) is 12.6. The third-order valence-electron chi connectivity index (χ3n) is 3.57. The van der Waals surface area contributed by atoms with Gasteiger partial charge in [-0.25, -0.2) is 0 Å². The number of pyridine rings is 1. The van der Waals surface area contributed by atoms with E-state index in [-0.39, 0.29) is 10.6 Å². The summed E-state index contributed by atoms with van der Waals surface area (Å²) in [5, 5.41) is 16.3. The lowest BCUT2D eigenvalue weighted by molar-refractivity contribution is -0.112. The molecular formula is C19H12Cl2N4O. The number of halogens is 2. The third-order valence-corrected chi connectivity index (χ3v) is 4.39. The second kappa shape index (κ2) is 7.87. The molecule has 0 unspecified atom stereocenters. The fraction of sp³-hybridized carbons (Fsp3) is 0. The van der Waals surface area contributed by atoms with Crippen molar-refractivity contribution in [3.8, 4) is 6.07 Å². The summed E-state index contributed by atoms with van der Waals surface area (Å²) in [6.45, 7) is 0. The number of anilines is 2. The number of fused-ring (bicyclic) bond motifs is 1. The predicted octanol–water partition coefficient (Wildman–Crippen LogP) is 5.00. The molecule has 0 saturated heterocycles. The number of nitriles is 1. The summed E-state index contributed by atoms with van der Waals surface area (Å²) in [5.74, 6) is -0.600. The zero-order valence-corrected chi connectivity index (χ0v) is 14.8. The third kappa shape index (κ3) is 3.77. The normalized spacial score (nSPS) is 11.0. The molecule has 128 valence electrons. The van der Waals surface area contributed by atoms with Gasteiger partial charge in [0.2, 0.25) is 0 Å². The summed E-state index contributed by atoms with van der Waals surface area (Å²) in [5.41, 5.74) is 1.64. The SMILES string of the molecule is N#C/C(=C/Nc1cccc2cccnc12)C(=O)Nc1cccc(Cl)c1Cl. The minimum absolute atomic E-state index is 0.117. The molecule has 7 heteroatoms. The lowest BCUT2D eigenvalue weighted by Gasteiger charge is -2.08. The largest absolute Gasteiger partial charge is 0.358 e. The van der Waals surface area contributed by atoms with Gasteiger partial charge in [-0.1, -0.05) is 47.5 Å². The maximum absolute atomic E-state index is 12.3. The van der Waals surface area contributed by atoms with E-state index in [4.69, 9.17) is 23.2 Å². The van der Waals surface area contributed by atoms with Crippen LogP contribution in [0.5, 0.6) is 0 Å². The molecule has 0 radical (unpaired) electrons. The van der Waals surface area contributed by atoms with Gasteiger partial charge >= 0.3 is 0 Å². The first kappa shape index (κ1) is 17.7. The van der Waals surface area contributed by atoms with E-state index in [9.17, 15) is 10.1 Å². The Balaban J connectivity index is 1.83. The fourth-order valence-electron chi connectivity index (χ4n) is 2.31. The van der Waals surface area contributed by atoms with Crippen molar-refractivity contribution in [3.05, 3.63) is 76.5 Å². The summed E-state index contributed by atoms with van der Waals surface area (Å²) in [6, 6.07) is 16.1. The summed E-state index contributed by atoms with van der Waals surface area (Å²) in [6.07, 6.45) is 3.01. The highest BCUT2D eigenvalue weighted by atomic mass is 35.5. The molecule has 26 heavy (non-hydrogen) atoms. The van der Waals surface area contributed by atoms with Crippen molar-refractivity contribution < 1.29 is 4.79 Å². The van der Waals surface area contributed by atoms with Gasteiger partial charge in [-0.05, 0) is 24.3 Å². The van der Waals surface area contributed by atoms with Crippen LogP contribution in [-0.2, 0) is 4.79 Å². The van der Waals surface area contributed by atoms with Gasteiger partial charge in [0.15, 0.2) is 0 Å². The molecule has 2 aromatic carbocycles. The Hall–Kier alpha value is -3.07. The molecule has 0 bridgehead atoms. The zero-order valence-electron chi connectivity index (χ0n) is 13.3. The second-order valence-corrected chi connectivity index (χ2v) is 6.04. The van der Waals surface area contributed by atoms with E-state index in [0.717, 1.165) is 10.9 Å². The molecule has 0 aliphatic rings. The van der Waals surface area contributed by atoms with Crippen molar-refractivity contribution >= 4 is 51.4 Å². The molecule has 2 N–H and O–H groups in total. The average molecular weight is 383 g/mol. The van der Waals surface area contributed by atoms with Crippen molar-refractivity contribution in [1.29, 1.82) is 5.26 Å². The average Bonchev–Trinajstić information content (AvgIpc) is 2.66. The number of carbonyl (C=O) groups is 1. The van der Waals surface area contributed by atoms with Crippen LogP contribution in [0.3, 0.4) is 0 Å². The van der Waals surface area contributed by atoms with Crippen LogP contribution < -0.4 is 10.6 Å². The Morgan fingerprint density at radius 3 is 2.62 bits per heavy atom. The number of para-hydroxylation sites is 1. The van der Waals surface area contributed by atoms with E-state index in [0.29, 0.717) is 16.4 Å². The predicted molar refractivity (Wildman–Crippen MR) is 104 cm³/mol. The quantitative estimate of drug-likeness (QED) is 0.491. The van der Waals surface area contributed by atoms with Gasteiger partial charge in [0, 0.05) is 17.8 Å². The van der Waals surface area contributed by atoms with Gasteiger partial charge in [0.25, 0.3) is 5.91 Å². The van der Waals surface area contributed by atoms with Gasteiger partial charge in [0.05, 0.1) is 26.9 Å². The maximum Gasteiger partial charge on any atom is 0.267 e. The zero-order chi connectivity index (χ0) is 18.5. The van der Waals surface area contributed by atoms with Gasteiger partial charge in [-0.3, -0.25) is 9.78 Å². The Morgan fingerprint density at radius 2 is 1.81 bits per heavy atom. The van der Waals surface area contributed by atoms with Crippen LogP contribution in [0.2, 0.25) is 10.0 Å². The number of hydrogen-bond donors (Lipinski definition) is 2. The molecule has 0 atom stereocenters. The monoisotopic (exact) mass is 382 g/mol. The molecule has 3 rings (SSSR count). The molecule has 1 aromatic heterocycles. The minimum atomic E-state index is -0.600. The number of amides is 1. The molecule has 1 heterocycles. The van der Waals surface area contributed by atoms with Crippen LogP contribution in [0.25, 0.3) is 10.9 Å². The number of rotatable bonds is 4. The molecular weight excluding hydrogens is 371 g/mol. The van der Waals surface area contributed by atoms with Crippen LogP contribution in [0, 0.1) is 11.3 Å². The number of benzene rings is 2. The second-order valence-electron chi connectivity index (χ2n) is 5.25. The fourth-order valence-corrected chi connectivity index (χ4v) is 2.66. The van der Waals surface area contributed by atoms with E-state index < -0.39 is 5.91 Å². The highest BCUT2D eigenvalue weighted by Crippen LogP contribution is 2.29. The number of hydrogen-bond acceptors (Lipinski definition) is 4. The summed E-state index contributed by atoms with van der Waals surface area (Å²) in [4.78, 5) is 16.6. The molecule has 0 spiro atoms. The highest BCUT2D eigenvalue weighted by Gasteiger charge is 2.13. The van der Waals surface area contributed by atoms with Gasteiger partial charge in [-0.15, -0.1) is 0 Å². The van der Waals surface area contributed by atoms with Crippen molar-refractivity contribution in [2.24, 2.45) is 0 Å². The number of nitrogens with one attached hydrogen (secondary N) is 2. The van der Waals surface area contributed by atoms with E-state index in [2.05, 4.69) is 15.6 Å². The molecule has 1 amide bonds. The lowest BCUT2D eigenvalue weighted by Crippen LogP contribution is -2.15. The Morgan fingerprint density at radius 1 is 1.08 bits per heavy atom. The maximum atomic E-state index is 12.3. The standard InChI is InChI=1S/C19H12Cl2N4O/c20-14-6-2-7-15(17(14)21)25-19(26)13(10-22)11-24-16-8-1-4-12-5-3-9-23-18(12)16/h1-9,11,24H,(H,25,26)/b13-11-. The van der Waals surface area contributed by atoms with E-state index in [1.807, 2.05) is 36.4 Å². The van der Waals surface area contributed by atoms with Gasteiger partial charge < -0.3 is 10.6 Å². The topological polar surface area (TPSA) is 77.8 Å². The van der Waals surface area contributed by atoms with Crippen molar-refractivity contribution in [1.82, 2.24) is 4.98 Å². The van der Waals surface area contributed by atoms with Crippen LogP contribution in [-0.4, -0.2) is 10.9 Å². The molecule has 0 fully saturated rings. The first-order valence-electron chi connectivity index (χ1n) is 7.56. The van der Waals surface area contributed by atoms with Crippen LogP contribution in [0.15, 0.2) is 66.5 Å². The van der Waals surface area contributed by atoms with Crippen LogP contribution >= 0.6 is 23.2 Å². The Labute approximate surface area is 159 Å². The minimum Gasteiger partial charge on any atom is -0.358 e. The van der Waals surface area contributed by atoms with Gasteiger partial charge in [0.1, 0.15) is 11.6 Å². The molecule has 0 aliphatic carbocycles. The lowest BCUT2D eigenvalue weighted by atomic mass is 10.2. The summed E-state index contributed by atoms with van der Waals surface area (Å²) in [7, 11) is 0. The molecule has 3 aromatic rings. The van der Waals surface area contributed by atoms with E-state index in [1.165, 1.54) is 6.20 Å². The van der Waals surface area contributed by atoms with Crippen molar-refractivity contribution in [2.75, 3.05) is 10.6 Å². The number of carbonyl (C=O) groups excluding carboxylic acids is 1. The van der Waals surface area contributed by atoms with Gasteiger partial charge in [-0.2, -0.15) is 5.26 Å². The van der Waals surface area contributed by atoms with Crippen molar-refractivity contribution in [3.63, 3.8) is 0 Å². The molecule has 0 aliphatic heterocycles. The molecule has 5 nitrogen and oxygen atoms in total. The Bertz CT molecular complexity index is 1050. The first-order valence-corrected chi connectivity index (χ1v) is 8.31. The Kier molecular flexibility index (Phi) is 5.37. The van der Waals surface area contributed by atoms with E-state index in [1.54, 1.807) is 24.4 Å².